The summed E-state index contributed by atoms with van der Waals surface area (Å²) in [4.78, 5) is 13.7. The molecule has 0 bridgehead atoms. The van der Waals surface area contributed by atoms with Gasteiger partial charge < -0.3 is 14.7 Å². The quantitative estimate of drug-likeness (QED) is 0.789. The minimum absolute atomic E-state index is 0.189. The fraction of sp³-hybridized carbons (Fsp3) is 0.786. The molecular weight excluding hydrogens is 230 g/mol. The largest absolute Gasteiger partial charge is 0.444 e. The average Bonchev–Trinajstić information content (AvgIpc) is 2.63. The minimum Gasteiger partial charge on any atom is -0.444 e. The highest BCUT2D eigenvalue weighted by molar-refractivity contribution is 5.69. The van der Waals surface area contributed by atoms with Crippen LogP contribution in [0.2, 0.25) is 0 Å². The van der Waals surface area contributed by atoms with Crippen LogP contribution in [0.4, 0.5) is 4.79 Å². The smallest absolute Gasteiger partial charge is 0.410 e. The molecule has 0 aromatic carbocycles. The van der Waals surface area contributed by atoms with Gasteiger partial charge in [0, 0.05) is 6.54 Å². The molecule has 1 rings (SSSR count). The van der Waals surface area contributed by atoms with Gasteiger partial charge in [0.05, 0.1) is 11.6 Å². The molecule has 4 heteroatoms. The van der Waals surface area contributed by atoms with Gasteiger partial charge in [-0.3, -0.25) is 0 Å². The van der Waals surface area contributed by atoms with Crippen molar-refractivity contribution in [3.05, 3.63) is 12.7 Å². The molecule has 1 aliphatic heterocycles. The molecule has 1 heterocycles. The molecule has 0 aromatic rings. The van der Waals surface area contributed by atoms with Crippen molar-refractivity contribution in [3.63, 3.8) is 0 Å². The standard InChI is InChI=1S/C14H25NO3/c1-6-9-14(5,17)11-8-7-10-15(11)12(16)18-13(2,3)4/h6,11,17H,1,7-10H2,2-5H3/t11-,14+/m0/s1. The zero-order chi connectivity index (χ0) is 14.0. The molecule has 0 radical (unpaired) electrons. The van der Waals surface area contributed by atoms with Crippen LogP contribution in [0.25, 0.3) is 0 Å². The van der Waals surface area contributed by atoms with E-state index in [1.807, 2.05) is 20.8 Å². The molecular formula is C14H25NO3. The van der Waals surface area contributed by atoms with Crippen LogP contribution in [-0.2, 0) is 4.74 Å². The van der Waals surface area contributed by atoms with Gasteiger partial charge in [0.25, 0.3) is 0 Å². The number of carbonyl (C=O) groups is 1. The Labute approximate surface area is 110 Å². The molecule has 1 aliphatic rings. The molecule has 104 valence electrons. The van der Waals surface area contributed by atoms with Gasteiger partial charge in [-0.15, -0.1) is 6.58 Å². The van der Waals surface area contributed by atoms with E-state index < -0.39 is 11.2 Å². The summed E-state index contributed by atoms with van der Waals surface area (Å²) in [6.07, 6.45) is 3.52. The van der Waals surface area contributed by atoms with E-state index >= 15 is 0 Å². The van der Waals surface area contributed by atoms with Crippen LogP contribution in [0.1, 0.15) is 47.0 Å². The molecule has 1 fully saturated rings. The second kappa shape index (κ2) is 5.31. The SMILES string of the molecule is C=CC[C@@](C)(O)[C@@H]1CCCN1C(=O)OC(C)(C)C. The Morgan fingerprint density at radius 2 is 2.11 bits per heavy atom. The van der Waals surface area contributed by atoms with E-state index in [1.165, 1.54) is 0 Å². The predicted octanol–water partition coefficient (Wildman–Crippen LogP) is 2.71. The number of amides is 1. The van der Waals surface area contributed by atoms with E-state index in [4.69, 9.17) is 4.74 Å². The lowest BCUT2D eigenvalue weighted by atomic mass is 9.91. The number of likely N-dealkylation sites (tertiary alicyclic amines) is 1. The average molecular weight is 255 g/mol. The van der Waals surface area contributed by atoms with Crippen molar-refractivity contribution in [2.45, 2.75) is 64.2 Å². The molecule has 0 spiro atoms. The highest BCUT2D eigenvalue weighted by Crippen LogP contribution is 2.30. The highest BCUT2D eigenvalue weighted by atomic mass is 16.6. The van der Waals surface area contributed by atoms with Gasteiger partial charge in [0.15, 0.2) is 0 Å². The maximum absolute atomic E-state index is 12.1. The van der Waals surface area contributed by atoms with Crippen LogP contribution in [0.15, 0.2) is 12.7 Å². The third-order valence-corrected chi connectivity index (χ3v) is 3.16. The number of ether oxygens (including phenoxy) is 1. The van der Waals surface area contributed by atoms with Crippen LogP contribution in [-0.4, -0.2) is 39.9 Å². The first-order valence-corrected chi connectivity index (χ1v) is 6.50. The Bertz CT molecular complexity index is 317. The normalized spacial score (nSPS) is 23.6. The summed E-state index contributed by atoms with van der Waals surface area (Å²) >= 11 is 0. The summed E-state index contributed by atoms with van der Waals surface area (Å²) in [5.74, 6) is 0. The summed E-state index contributed by atoms with van der Waals surface area (Å²) < 4.78 is 5.38. The lowest BCUT2D eigenvalue weighted by Gasteiger charge is -2.36. The van der Waals surface area contributed by atoms with E-state index in [0.717, 1.165) is 12.8 Å². The second-order valence-corrected chi connectivity index (χ2v) is 6.18. The van der Waals surface area contributed by atoms with E-state index in [2.05, 4.69) is 6.58 Å². The third-order valence-electron chi connectivity index (χ3n) is 3.16. The van der Waals surface area contributed by atoms with Crippen molar-refractivity contribution in [2.24, 2.45) is 0 Å². The number of nitrogens with zero attached hydrogens (tertiary/aromatic N) is 1. The lowest BCUT2D eigenvalue weighted by molar-refractivity contribution is -0.0319. The molecule has 0 saturated carbocycles. The van der Waals surface area contributed by atoms with Crippen LogP contribution in [0.5, 0.6) is 0 Å². The number of hydrogen-bond acceptors (Lipinski definition) is 3. The second-order valence-electron chi connectivity index (χ2n) is 6.18. The maximum Gasteiger partial charge on any atom is 0.410 e. The third kappa shape index (κ3) is 3.73. The molecule has 0 unspecified atom stereocenters. The molecule has 1 N–H and O–H groups in total. The molecule has 0 aromatic heterocycles. The van der Waals surface area contributed by atoms with E-state index in [0.29, 0.717) is 13.0 Å². The Morgan fingerprint density at radius 3 is 2.61 bits per heavy atom. The summed E-state index contributed by atoms with van der Waals surface area (Å²) in [6.45, 7) is 11.6. The molecule has 1 amide bonds. The van der Waals surface area contributed by atoms with Crippen LogP contribution in [0, 0.1) is 0 Å². The van der Waals surface area contributed by atoms with E-state index in [9.17, 15) is 9.90 Å². The fourth-order valence-electron chi connectivity index (χ4n) is 2.38. The van der Waals surface area contributed by atoms with Crippen LogP contribution in [0.3, 0.4) is 0 Å². The van der Waals surface area contributed by atoms with Gasteiger partial charge >= 0.3 is 6.09 Å². The Hall–Kier alpha value is -1.03. The lowest BCUT2D eigenvalue weighted by Crippen LogP contribution is -2.50. The first-order chi connectivity index (χ1) is 8.17. The van der Waals surface area contributed by atoms with Gasteiger partial charge in [-0.05, 0) is 47.0 Å². The molecule has 0 aliphatic carbocycles. The van der Waals surface area contributed by atoms with Gasteiger partial charge in [-0.2, -0.15) is 0 Å². The highest BCUT2D eigenvalue weighted by Gasteiger charge is 2.42. The number of carbonyl (C=O) groups excluding carboxylic acids is 1. The topological polar surface area (TPSA) is 49.8 Å². The van der Waals surface area contributed by atoms with Crippen molar-refractivity contribution in [1.82, 2.24) is 4.90 Å². The number of hydrogen-bond donors (Lipinski definition) is 1. The maximum atomic E-state index is 12.1. The summed E-state index contributed by atoms with van der Waals surface area (Å²) in [7, 11) is 0. The van der Waals surface area contributed by atoms with Gasteiger partial charge in [0.1, 0.15) is 5.60 Å². The molecule has 4 nitrogen and oxygen atoms in total. The molecule has 2 atom stereocenters. The van der Waals surface area contributed by atoms with Crippen molar-refractivity contribution in [1.29, 1.82) is 0 Å². The Morgan fingerprint density at radius 1 is 1.50 bits per heavy atom. The fourth-order valence-corrected chi connectivity index (χ4v) is 2.38. The van der Waals surface area contributed by atoms with Gasteiger partial charge in [-0.1, -0.05) is 6.08 Å². The minimum atomic E-state index is -0.935. The number of rotatable bonds is 3. The summed E-state index contributed by atoms with van der Waals surface area (Å²) in [5.41, 5.74) is -1.44. The van der Waals surface area contributed by atoms with E-state index in [1.54, 1.807) is 17.9 Å². The summed E-state index contributed by atoms with van der Waals surface area (Å²) in [5, 5.41) is 10.4. The predicted molar refractivity (Wildman–Crippen MR) is 71.4 cm³/mol. The van der Waals surface area contributed by atoms with Crippen molar-refractivity contribution < 1.29 is 14.6 Å². The summed E-state index contributed by atoms with van der Waals surface area (Å²) in [6, 6.07) is -0.189. The molecule has 18 heavy (non-hydrogen) atoms. The van der Waals surface area contributed by atoms with Crippen LogP contribution < -0.4 is 0 Å². The van der Waals surface area contributed by atoms with Crippen LogP contribution >= 0.6 is 0 Å². The molecule has 1 saturated heterocycles. The van der Waals surface area contributed by atoms with Gasteiger partial charge in [0.2, 0.25) is 0 Å². The zero-order valence-corrected chi connectivity index (χ0v) is 11.9. The van der Waals surface area contributed by atoms with Crippen molar-refractivity contribution >= 4 is 6.09 Å². The van der Waals surface area contributed by atoms with Crippen molar-refractivity contribution in [2.75, 3.05) is 6.54 Å². The van der Waals surface area contributed by atoms with E-state index in [-0.39, 0.29) is 12.1 Å². The first-order valence-electron chi connectivity index (χ1n) is 6.50. The monoisotopic (exact) mass is 255 g/mol. The van der Waals surface area contributed by atoms with Gasteiger partial charge in [-0.25, -0.2) is 4.79 Å². The Balaban J connectivity index is 2.76. The van der Waals surface area contributed by atoms with Crippen molar-refractivity contribution in [3.8, 4) is 0 Å². The number of aliphatic hydroxyl groups is 1. The Kier molecular flexibility index (Phi) is 4.43. The first kappa shape index (κ1) is 15.0. The zero-order valence-electron chi connectivity index (χ0n) is 11.9.